The lowest BCUT2D eigenvalue weighted by atomic mass is 10.0. The van der Waals surface area contributed by atoms with Crippen molar-refractivity contribution in [1.29, 1.82) is 0 Å². The molecular weight excluding hydrogens is 316 g/mol. The molecule has 1 atom stereocenters. The Hall–Kier alpha value is -2.34. The van der Waals surface area contributed by atoms with Crippen LogP contribution in [0.2, 0.25) is 0 Å². The van der Waals surface area contributed by atoms with Gasteiger partial charge < -0.3 is 14.8 Å². The predicted molar refractivity (Wildman–Crippen MR) is 98.2 cm³/mol. The first-order valence-corrected chi connectivity index (χ1v) is 8.66. The summed E-state index contributed by atoms with van der Waals surface area (Å²) in [4.78, 5) is 10.9. The first kappa shape index (κ1) is 17.5. The van der Waals surface area contributed by atoms with E-state index in [9.17, 15) is 0 Å². The molecule has 2 heterocycles. The van der Waals surface area contributed by atoms with Crippen molar-refractivity contribution in [2.24, 2.45) is 0 Å². The monoisotopic (exact) mass is 342 g/mol. The minimum atomic E-state index is 0.389. The molecule has 0 amide bonds. The Morgan fingerprint density at radius 3 is 2.84 bits per heavy atom. The fourth-order valence-corrected chi connectivity index (χ4v) is 3.31. The number of hydrogen-bond acceptors (Lipinski definition) is 6. The Morgan fingerprint density at radius 2 is 2.08 bits per heavy atom. The Kier molecular flexibility index (Phi) is 5.71. The zero-order valence-electron chi connectivity index (χ0n) is 15.2. The molecule has 1 aromatic heterocycles. The van der Waals surface area contributed by atoms with E-state index < -0.39 is 0 Å². The number of nitrogens with one attached hydrogen (secondary N) is 1. The SMILES string of the molecule is COc1ccc(OC)c(CN2CCCC(Nc3cc(C)ncn3)C2)c1. The van der Waals surface area contributed by atoms with E-state index in [1.54, 1.807) is 20.5 Å². The van der Waals surface area contributed by atoms with Gasteiger partial charge in [-0.15, -0.1) is 0 Å². The van der Waals surface area contributed by atoms with Crippen molar-refractivity contribution in [2.45, 2.75) is 32.4 Å². The average molecular weight is 342 g/mol. The van der Waals surface area contributed by atoms with Crippen molar-refractivity contribution >= 4 is 5.82 Å². The summed E-state index contributed by atoms with van der Waals surface area (Å²) in [5.74, 6) is 2.67. The van der Waals surface area contributed by atoms with Gasteiger partial charge in [-0.2, -0.15) is 0 Å². The number of piperidine rings is 1. The van der Waals surface area contributed by atoms with Crippen LogP contribution in [0.3, 0.4) is 0 Å². The second-order valence-electron chi connectivity index (χ2n) is 6.44. The van der Waals surface area contributed by atoms with E-state index in [1.807, 2.05) is 25.1 Å². The Bertz CT molecular complexity index is 708. The molecular formula is C19H26N4O2. The Labute approximate surface area is 149 Å². The Balaban J connectivity index is 1.65. The summed E-state index contributed by atoms with van der Waals surface area (Å²) in [5, 5.41) is 3.54. The van der Waals surface area contributed by atoms with E-state index in [-0.39, 0.29) is 0 Å². The number of ether oxygens (including phenoxy) is 2. The average Bonchev–Trinajstić information content (AvgIpc) is 2.62. The maximum atomic E-state index is 5.51. The largest absolute Gasteiger partial charge is 0.497 e. The summed E-state index contributed by atoms with van der Waals surface area (Å²) >= 11 is 0. The minimum absolute atomic E-state index is 0.389. The number of hydrogen-bond donors (Lipinski definition) is 1. The van der Waals surface area contributed by atoms with Gasteiger partial charge in [0.15, 0.2) is 0 Å². The molecule has 1 aliphatic rings. The van der Waals surface area contributed by atoms with Crippen molar-refractivity contribution in [3.8, 4) is 11.5 Å². The molecule has 0 spiro atoms. The zero-order valence-corrected chi connectivity index (χ0v) is 15.2. The van der Waals surface area contributed by atoms with E-state index in [0.717, 1.165) is 61.1 Å². The number of anilines is 1. The number of methoxy groups -OCH3 is 2. The molecule has 6 heteroatoms. The number of nitrogens with zero attached hydrogens (tertiary/aromatic N) is 3. The Morgan fingerprint density at radius 1 is 1.20 bits per heavy atom. The third-order valence-electron chi connectivity index (χ3n) is 4.54. The van der Waals surface area contributed by atoms with Crippen molar-refractivity contribution in [1.82, 2.24) is 14.9 Å². The molecule has 25 heavy (non-hydrogen) atoms. The molecule has 6 nitrogen and oxygen atoms in total. The van der Waals surface area contributed by atoms with Crippen LogP contribution < -0.4 is 14.8 Å². The van der Waals surface area contributed by atoms with Gasteiger partial charge in [0.2, 0.25) is 0 Å². The van der Waals surface area contributed by atoms with Gasteiger partial charge in [0.05, 0.1) is 14.2 Å². The highest BCUT2D eigenvalue weighted by Gasteiger charge is 2.21. The molecule has 1 aliphatic heterocycles. The van der Waals surface area contributed by atoms with Crippen LogP contribution in [0.15, 0.2) is 30.6 Å². The minimum Gasteiger partial charge on any atom is -0.497 e. The first-order chi connectivity index (χ1) is 12.2. The van der Waals surface area contributed by atoms with Gasteiger partial charge in [-0.25, -0.2) is 9.97 Å². The van der Waals surface area contributed by atoms with Gasteiger partial charge in [-0.05, 0) is 44.5 Å². The molecule has 1 unspecified atom stereocenters. The van der Waals surface area contributed by atoms with Gasteiger partial charge in [0, 0.05) is 36.5 Å². The normalized spacial score (nSPS) is 18.0. The quantitative estimate of drug-likeness (QED) is 0.871. The molecule has 0 saturated carbocycles. The number of rotatable bonds is 6. The number of aryl methyl sites for hydroxylation is 1. The zero-order chi connectivity index (χ0) is 17.6. The highest BCUT2D eigenvalue weighted by Crippen LogP contribution is 2.26. The summed E-state index contributed by atoms with van der Waals surface area (Å²) in [6, 6.07) is 8.34. The summed E-state index contributed by atoms with van der Waals surface area (Å²) in [6.07, 6.45) is 3.92. The fourth-order valence-electron chi connectivity index (χ4n) is 3.31. The van der Waals surface area contributed by atoms with E-state index in [1.165, 1.54) is 0 Å². The molecule has 1 saturated heterocycles. The summed E-state index contributed by atoms with van der Waals surface area (Å²) < 4.78 is 10.9. The summed E-state index contributed by atoms with van der Waals surface area (Å²) in [7, 11) is 3.40. The van der Waals surface area contributed by atoms with E-state index >= 15 is 0 Å². The standard InChI is InChI=1S/C19H26N4O2/c1-14-9-19(21-13-20-14)22-16-5-4-8-23(12-16)11-15-10-17(24-2)6-7-18(15)25-3/h6-7,9-10,13,16H,4-5,8,11-12H2,1-3H3,(H,20,21,22). The molecule has 0 aliphatic carbocycles. The lowest BCUT2D eigenvalue weighted by Gasteiger charge is -2.33. The smallest absolute Gasteiger partial charge is 0.129 e. The molecule has 134 valence electrons. The molecule has 2 aromatic rings. The van der Waals surface area contributed by atoms with Gasteiger partial charge in [-0.1, -0.05) is 0 Å². The van der Waals surface area contributed by atoms with E-state index in [4.69, 9.17) is 9.47 Å². The van der Waals surface area contributed by atoms with Crippen LogP contribution in [0.5, 0.6) is 11.5 Å². The van der Waals surface area contributed by atoms with Crippen molar-refractivity contribution in [2.75, 3.05) is 32.6 Å². The van der Waals surface area contributed by atoms with Crippen LogP contribution in [0.25, 0.3) is 0 Å². The third-order valence-corrected chi connectivity index (χ3v) is 4.54. The first-order valence-electron chi connectivity index (χ1n) is 8.66. The number of aromatic nitrogens is 2. The predicted octanol–water partition coefficient (Wildman–Crippen LogP) is 2.88. The van der Waals surface area contributed by atoms with Crippen LogP contribution in [-0.2, 0) is 6.54 Å². The molecule has 1 aromatic carbocycles. The highest BCUT2D eigenvalue weighted by atomic mass is 16.5. The molecule has 3 rings (SSSR count). The van der Waals surface area contributed by atoms with Gasteiger partial charge in [0.25, 0.3) is 0 Å². The highest BCUT2D eigenvalue weighted by molar-refractivity contribution is 5.40. The molecule has 1 fully saturated rings. The second kappa shape index (κ2) is 8.16. The molecule has 1 N–H and O–H groups in total. The maximum Gasteiger partial charge on any atom is 0.129 e. The van der Waals surface area contributed by atoms with Crippen LogP contribution in [0.1, 0.15) is 24.1 Å². The van der Waals surface area contributed by atoms with Crippen molar-refractivity contribution < 1.29 is 9.47 Å². The van der Waals surface area contributed by atoms with E-state index in [2.05, 4.69) is 26.3 Å². The topological polar surface area (TPSA) is 59.5 Å². The summed E-state index contributed by atoms with van der Waals surface area (Å²) in [6.45, 7) is 4.89. The van der Waals surface area contributed by atoms with Crippen LogP contribution in [-0.4, -0.2) is 48.2 Å². The summed E-state index contributed by atoms with van der Waals surface area (Å²) in [5.41, 5.74) is 2.13. The van der Waals surface area contributed by atoms with Gasteiger partial charge >= 0.3 is 0 Å². The number of benzene rings is 1. The third kappa shape index (κ3) is 4.60. The van der Waals surface area contributed by atoms with E-state index in [0.29, 0.717) is 6.04 Å². The lowest BCUT2D eigenvalue weighted by molar-refractivity contribution is 0.206. The van der Waals surface area contributed by atoms with Gasteiger partial charge in [-0.3, -0.25) is 4.90 Å². The lowest BCUT2D eigenvalue weighted by Crippen LogP contribution is -2.41. The maximum absolute atomic E-state index is 5.51. The molecule has 0 radical (unpaired) electrons. The van der Waals surface area contributed by atoms with Crippen molar-refractivity contribution in [3.05, 3.63) is 41.9 Å². The van der Waals surface area contributed by atoms with Crippen LogP contribution >= 0.6 is 0 Å². The number of likely N-dealkylation sites (tertiary alicyclic amines) is 1. The van der Waals surface area contributed by atoms with Crippen molar-refractivity contribution in [3.63, 3.8) is 0 Å². The fraction of sp³-hybridized carbons (Fsp3) is 0.474. The van der Waals surface area contributed by atoms with Crippen LogP contribution in [0, 0.1) is 6.92 Å². The molecule has 0 bridgehead atoms. The second-order valence-corrected chi connectivity index (χ2v) is 6.44. The van der Waals surface area contributed by atoms with Gasteiger partial charge in [0.1, 0.15) is 23.6 Å². The van der Waals surface area contributed by atoms with Crippen LogP contribution in [0.4, 0.5) is 5.82 Å².